The Bertz CT molecular complexity index is 1720. The molecule has 0 unspecified atom stereocenters. The number of alkyl halides is 3. The number of anilines is 1. The predicted octanol–water partition coefficient (Wildman–Crippen LogP) is 5.80. The quantitative estimate of drug-likeness (QED) is 0.211. The normalized spacial score (nSPS) is 17.4. The molecule has 8 nitrogen and oxygen atoms in total. The van der Waals surface area contributed by atoms with Crippen LogP contribution in [0.3, 0.4) is 0 Å². The van der Waals surface area contributed by atoms with Gasteiger partial charge in [0.25, 0.3) is 0 Å². The molecule has 0 saturated carbocycles. The highest BCUT2D eigenvalue weighted by Crippen LogP contribution is 2.46. The zero-order valence-electron chi connectivity index (χ0n) is 22.6. The Morgan fingerprint density at radius 2 is 1.88 bits per heavy atom. The van der Waals surface area contributed by atoms with Crippen molar-refractivity contribution in [1.29, 1.82) is 0 Å². The molecule has 2 aliphatic heterocycles. The molecule has 0 fully saturated rings. The highest BCUT2D eigenvalue weighted by Gasteiger charge is 2.48. The van der Waals surface area contributed by atoms with Crippen molar-refractivity contribution in [2.24, 2.45) is 0 Å². The molecule has 0 spiro atoms. The topological polar surface area (TPSA) is 82.9 Å². The lowest BCUT2D eigenvalue weighted by Crippen LogP contribution is -2.44. The van der Waals surface area contributed by atoms with Gasteiger partial charge in [-0.1, -0.05) is 25.1 Å². The minimum absolute atomic E-state index is 0.0361. The Kier molecular flexibility index (Phi) is 6.78. The summed E-state index contributed by atoms with van der Waals surface area (Å²) in [5, 5.41) is 0. The van der Waals surface area contributed by atoms with Gasteiger partial charge < -0.3 is 14.2 Å². The lowest BCUT2D eigenvalue weighted by atomic mass is 9.97. The number of ether oxygens (including phenoxy) is 3. The first-order valence-electron chi connectivity index (χ1n) is 13.3. The van der Waals surface area contributed by atoms with Gasteiger partial charge in [0.05, 0.1) is 42.9 Å². The van der Waals surface area contributed by atoms with Crippen molar-refractivity contribution >= 4 is 28.6 Å². The van der Waals surface area contributed by atoms with Crippen LogP contribution in [0, 0.1) is 5.82 Å². The van der Waals surface area contributed by atoms with Crippen LogP contribution in [0.1, 0.15) is 42.3 Å². The van der Waals surface area contributed by atoms with Crippen molar-refractivity contribution in [3.63, 3.8) is 0 Å². The van der Waals surface area contributed by atoms with Crippen molar-refractivity contribution in [2.75, 3.05) is 25.2 Å². The van der Waals surface area contributed by atoms with Gasteiger partial charge in [-0.05, 0) is 24.3 Å². The van der Waals surface area contributed by atoms with Crippen LogP contribution < -0.4 is 14.4 Å². The number of amides is 1. The molecule has 42 heavy (non-hydrogen) atoms. The van der Waals surface area contributed by atoms with E-state index in [4.69, 9.17) is 14.2 Å². The van der Waals surface area contributed by atoms with Crippen molar-refractivity contribution in [1.82, 2.24) is 9.55 Å². The van der Waals surface area contributed by atoms with Gasteiger partial charge in [0.2, 0.25) is 0 Å². The number of esters is 1. The molecule has 1 aromatic heterocycles. The second kappa shape index (κ2) is 10.3. The highest BCUT2D eigenvalue weighted by atomic mass is 19.4. The van der Waals surface area contributed by atoms with E-state index in [1.807, 2.05) is 6.92 Å². The molecule has 0 saturated heterocycles. The fourth-order valence-corrected chi connectivity index (χ4v) is 5.65. The van der Waals surface area contributed by atoms with Crippen molar-refractivity contribution < 1.29 is 41.4 Å². The number of hydrogen-bond acceptors (Lipinski definition) is 6. The molecular formula is C30H25F4N3O5. The number of hydrogen-bond donors (Lipinski definition) is 0. The van der Waals surface area contributed by atoms with E-state index in [1.54, 1.807) is 34.9 Å². The molecule has 218 valence electrons. The number of carbonyl (C=O) groups is 2. The summed E-state index contributed by atoms with van der Waals surface area (Å²) in [5.74, 6) is -2.13. The number of benzene rings is 3. The Labute approximate surface area is 237 Å². The van der Waals surface area contributed by atoms with Crippen LogP contribution in [-0.4, -0.2) is 47.9 Å². The number of aryl methyl sites for hydroxylation is 1. The van der Waals surface area contributed by atoms with E-state index in [-0.39, 0.29) is 42.7 Å². The van der Waals surface area contributed by atoms with Crippen LogP contribution in [0.15, 0.2) is 54.6 Å². The smallest absolute Gasteiger partial charge is 0.471 e. The summed E-state index contributed by atoms with van der Waals surface area (Å²) in [4.78, 5) is 30.0. The Hall–Kier alpha value is -4.61. The maximum atomic E-state index is 14.2. The fourth-order valence-electron chi connectivity index (χ4n) is 5.65. The number of fused-ring (bicyclic) bond motifs is 3. The van der Waals surface area contributed by atoms with Crippen LogP contribution in [0.4, 0.5) is 23.2 Å². The van der Waals surface area contributed by atoms with Gasteiger partial charge in [-0.25, -0.2) is 9.37 Å². The van der Waals surface area contributed by atoms with Gasteiger partial charge in [0.1, 0.15) is 29.7 Å². The monoisotopic (exact) mass is 583 g/mol. The average Bonchev–Trinajstić information content (AvgIpc) is 3.67. The van der Waals surface area contributed by atoms with E-state index in [9.17, 15) is 27.2 Å². The maximum Gasteiger partial charge on any atom is 0.471 e. The standard InChI is InChI=1S/C30H25F4N3O5/c1-3-26-35-21-10-7-17(31)12-23(21)37(26)22-6-4-5-20-24(15-42-28(20)22)36(29(39)30(32,33)34)18-8-9-19-16(11-27(38)40-2)14-41-25(19)13-18/h4-10,12-13,16,24H,3,11,14-15H2,1-2H3/t16-,24+/m1/s1. The number of para-hydroxylation sites is 1. The number of aromatic nitrogens is 2. The summed E-state index contributed by atoms with van der Waals surface area (Å²) in [6.45, 7) is 1.79. The van der Waals surface area contributed by atoms with Crippen LogP contribution in [0.5, 0.6) is 11.5 Å². The van der Waals surface area contributed by atoms with Crippen molar-refractivity contribution in [2.45, 2.75) is 37.9 Å². The highest BCUT2D eigenvalue weighted by molar-refractivity contribution is 5.98. The second-order valence-electron chi connectivity index (χ2n) is 10.1. The first-order chi connectivity index (χ1) is 20.1. The molecule has 3 aromatic carbocycles. The second-order valence-corrected chi connectivity index (χ2v) is 10.1. The third kappa shape index (κ3) is 4.60. The summed E-state index contributed by atoms with van der Waals surface area (Å²) in [6, 6.07) is 12.4. The summed E-state index contributed by atoms with van der Waals surface area (Å²) in [6.07, 6.45) is -4.64. The molecule has 0 N–H and O–H groups in total. The zero-order valence-corrected chi connectivity index (χ0v) is 22.6. The molecule has 12 heteroatoms. The summed E-state index contributed by atoms with van der Waals surface area (Å²) < 4.78 is 74.3. The van der Waals surface area contributed by atoms with E-state index < -0.39 is 29.9 Å². The Morgan fingerprint density at radius 1 is 1.07 bits per heavy atom. The molecule has 6 rings (SSSR count). The molecule has 0 bridgehead atoms. The molecule has 0 radical (unpaired) electrons. The Balaban J connectivity index is 1.44. The Morgan fingerprint density at radius 3 is 2.62 bits per heavy atom. The number of methoxy groups -OCH3 is 1. The molecular weight excluding hydrogens is 558 g/mol. The number of imidazole rings is 1. The van der Waals surface area contributed by atoms with Gasteiger partial charge in [0.15, 0.2) is 0 Å². The predicted molar refractivity (Wildman–Crippen MR) is 143 cm³/mol. The number of nitrogens with zero attached hydrogens (tertiary/aromatic N) is 3. The SMILES string of the molecule is CCc1nc2ccc(F)cc2n1-c1cccc2c1OC[C@@H]2N(C(=O)C(F)(F)F)c1ccc2c(c1)OC[C@H]2CC(=O)OC. The van der Waals surface area contributed by atoms with Crippen LogP contribution in [-0.2, 0) is 20.7 Å². The van der Waals surface area contributed by atoms with E-state index in [0.717, 1.165) is 0 Å². The fraction of sp³-hybridized carbons (Fsp3) is 0.300. The third-order valence-corrected chi connectivity index (χ3v) is 7.58. The average molecular weight is 584 g/mol. The van der Waals surface area contributed by atoms with Crippen molar-refractivity contribution in [3.8, 4) is 17.2 Å². The van der Waals surface area contributed by atoms with Crippen LogP contribution in [0.25, 0.3) is 16.7 Å². The zero-order chi connectivity index (χ0) is 29.8. The number of rotatable bonds is 6. The van der Waals surface area contributed by atoms with Gasteiger partial charge >= 0.3 is 18.1 Å². The molecule has 2 aliphatic rings. The van der Waals surface area contributed by atoms with Gasteiger partial charge in [-0.3, -0.25) is 19.1 Å². The molecule has 3 heterocycles. The van der Waals surface area contributed by atoms with Gasteiger partial charge in [-0.2, -0.15) is 13.2 Å². The molecule has 2 atom stereocenters. The molecule has 4 aromatic rings. The van der Waals surface area contributed by atoms with Crippen LogP contribution in [0.2, 0.25) is 0 Å². The largest absolute Gasteiger partial charge is 0.493 e. The summed E-state index contributed by atoms with van der Waals surface area (Å²) in [5.41, 5.74) is 2.47. The number of halogens is 4. The van der Waals surface area contributed by atoms with E-state index in [1.165, 1.54) is 31.4 Å². The minimum Gasteiger partial charge on any atom is -0.493 e. The van der Waals surface area contributed by atoms with E-state index >= 15 is 0 Å². The molecule has 1 amide bonds. The first kappa shape index (κ1) is 27.6. The van der Waals surface area contributed by atoms with E-state index in [0.29, 0.717) is 45.0 Å². The minimum atomic E-state index is -5.18. The first-order valence-corrected chi connectivity index (χ1v) is 13.3. The maximum absolute atomic E-state index is 14.2. The van der Waals surface area contributed by atoms with Crippen molar-refractivity contribution in [3.05, 3.63) is 77.4 Å². The summed E-state index contributed by atoms with van der Waals surface area (Å²) >= 11 is 0. The third-order valence-electron chi connectivity index (χ3n) is 7.58. The van der Waals surface area contributed by atoms with E-state index in [2.05, 4.69) is 4.98 Å². The lowest BCUT2D eigenvalue weighted by Gasteiger charge is -2.29. The van der Waals surface area contributed by atoms with Gasteiger partial charge in [-0.15, -0.1) is 0 Å². The molecule has 0 aliphatic carbocycles. The van der Waals surface area contributed by atoms with Crippen LogP contribution >= 0.6 is 0 Å². The van der Waals surface area contributed by atoms with Gasteiger partial charge in [0, 0.05) is 41.3 Å². The summed E-state index contributed by atoms with van der Waals surface area (Å²) in [7, 11) is 1.27. The number of carbonyl (C=O) groups excluding carboxylic acids is 2. The lowest BCUT2D eigenvalue weighted by molar-refractivity contribution is -0.171.